The Morgan fingerprint density at radius 2 is 2.35 bits per heavy atom. The predicted octanol–water partition coefficient (Wildman–Crippen LogP) is 0.0962. The summed E-state index contributed by atoms with van der Waals surface area (Å²) in [7, 11) is 0. The van der Waals surface area contributed by atoms with Gasteiger partial charge in [-0.3, -0.25) is 4.79 Å². The molecule has 7 nitrogen and oxygen atoms in total. The lowest BCUT2D eigenvalue weighted by atomic mass is 10.1. The van der Waals surface area contributed by atoms with E-state index in [1.807, 2.05) is 29.2 Å². The SMILES string of the molecule is C[C@@H]1CN(C(=O)c2cccc(-n3cnnn3)c2)CCN1. The first-order valence-electron chi connectivity index (χ1n) is 6.60. The van der Waals surface area contributed by atoms with Crippen molar-refractivity contribution in [1.82, 2.24) is 30.4 Å². The van der Waals surface area contributed by atoms with Gasteiger partial charge in [0.15, 0.2) is 0 Å². The second-order valence-corrected chi connectivity index (χ2v) is 4.91. The molecule has 104 valence electrons. The highest BCUT2D eigenvalue weighted by Gasteiger charge is 2.21. The highest BCUT2D eigenvalue weighted by molar-refractivity contribution is 5.94. The van der Waals surface area contributed by atoms with Crippen LogP contribution in [0.5, 0.6) is 0 Å². The molecule has 0 radical (unpaired) electrons. The van der Waals surface area contributed by atoms with Crippen molar-refractivity contribution in [2.24, 2.45) is 0 Å². The molecule has 1 amide bonds. The van der Waals surface area contributed by atoms with E-state index in [0.29, 0.717) is 11.6 Å². The summed E-state index contributed by atoms with van der Waals surface area (Å²) in [6, 6.07) is 7.67. The van der Waals surface area contributed by atoms with E-state index >= 15 is 0 Å². The predicted molar refractivity (Wildman–Crippen MR) is 72.5 cm³/mol. The molecule has 1 aliphatic heterocycles. The van der Waals surface area contributed by atoms with Crippen molar-refractivity contribution in [3.63, 3.8) is 0 Å². The van der Waals surface area contributed by atoms with E-state index in [1.54, 1.807) is 0 Å². The summed E-state index contributed by atoms with van der Waals surface area (Å²) in [5.74, 6) is 0.0493. The molecule has 3 rings (SSSR count). The second-order valence-electron chi connectivity index (χ2n) is 4.91. The van der Waals surface area contributed by atoms with E-state index < -0.39 is 0 Å². The molecule has 2 aromatic rings. The molecule has 1 aliphatic rings. The second kappa shape index (κ2) is 5.38. The van der Waals surface area contributed by atoms with Crippen molar-refractivity contribution in [3.8, 4) is 5.69 Å². The molecule has 1 atom stereocenters. The minimum absolute atomic E-state index is 0.0493. The van der Waals surface area contributed by atoms with Gasteiger partial charge in [0, 0.05) is 31.2 Å². The molecule has 0 aliphatic carbocycles. The number of carbonyl (C=O) groups is 1. The van der Waals surface area contributed by atoms with Gasteiger partial charge in [0.05, 0.1) is 5.69 Å². The van der Waals surface area contributed by atoms with Gasteiger partial charge in [-0.25, -0.2) is 4.68 Å². The number of nitrogens with zero attached hydrogens (tertiary/aromatic N) is 5. The van der Waals surface area contributed by atoms with Gasteiger partial charge >= 0.3 is 0 Å². The Morgan fingerprint density at radius 3 is 3.10 bits per heavy atom. The van der Waals surface area contributed by atoms with Crippen LogP contribution in [0, 0.1) is 0 Å². The van der Waals surface area contributed by atoms with Crippen LogP contribution in [-0.4, -0.2) is 56.7 Å². The Morgan fingerprint density at radius 1 is 1.45 bits per heavy atom. The molecular weight excluding hydrogens is 256 g/mol. The molecule has 0 bridgehead atoms. The smallest absolute Gasteiger partial charge is 0.254 e. The van der Waals surface area contributed by atoms with Crippen LogP contribution in [0.1, 0.15) is 17.3 Å². The van der Waals surface area contributed by atoms with Crippen molar-refractivity contribution in [3.05, 3.63) is 36.2 Å². The molecule has 1 N–H and O–H groups in total. The largest absolute Gasteiger partial charge is 0.336 e. The Labute approximate surface area is 116 Å². The normalized spacial score (nSPS) is 19.1. The highest BCUT2D eigenvalue weighted by atomic mass is 16.2. The zero-order chi connectivity index (χ0) is 13.9. The number of amides is 1. The monoisotopic (exact) mass is 272 g/mol. The van der Waals surface area contributed by atoms with Gasteiger partial charge in [-0.15, -0.1) is 5.10 Å². The molecule has 0 saturated carbocycles. The summed E-state index contributed by atoms with van der Waals surface area (Å²) in [6.07, 6.45) is 1.51. The summed E-state index contributed by atoms with van der Waals surface area (Å²) in [6.45, 7) is 4.38. The number of benzene rings is 1. The van der Waals surface area contributed by atoms with E-state index in [1.165, 1.54) is 11.0 Å². The Hall–Kier alpha value is -2.28. The van der Waals surface area contributed by atoms with Crippen molar-refractivity contribution >= 4 is 5.91 Å². The number of nitrogens with one attached hydrogen (secondary N) is 1. The van der Waals surface area contributed by atoms with E-state index in [9.17, 15) is 4.79 Å². The van der Waals surface area contributed by atoms with Gasteiger partial charge in [0.25, 0.3) is 5.91 Å². The van der Waals surface area contributed by atoms with E-state index in [-0.39, 0.29) is 5.91 Å². The summed E-state index contributed by atoms with van der Waals surface area (Å²) >= 11 is 0. The van der Waals surface area contributed by atoms with Crippen molar-refractivity contribution in [1.29, 1.82) is 0 Å². The zero-order valence-corrected chi connectivity index (χ0v) is 11.2. The highest BCUT2D eigenvalue weighted by Crippen LogP contribution is 2.12. The lowest BCUT2D eigenvalue weighted by Gasteiger charge is -2.32. The third kappa shape index (κ3) is 2.53. The minimum atomic E-state index is 0.0493. The maximum absolute atomic E-state index is 12.5. The molecule has 1 fully saturated rings. The van der Waals surface area contributed by atoms with Crippen LogP contribution in [0.2, 0.25) is 0 Å². The molecule has 1 aromatic carbocycles. The lowest BCUT2D eigenvalue weighted by Crippen LogP contribution is -2.51. The Kier molecular flexibility index (Phi) is 3.42. The summed E-state index contributed by atoms with van der Waals surface area (Å²) in [4.78, 5) is 14.4. The van der Waals surface area contributed by atoms with Crippen LogP contribution in [0.4, 0.5) is 0 Å². The van der Waals surface area contributed by atoms with E-state index in [2.05, 4.69) is 27.8 Å². The Bertz CT molecular complexity index is 597. The number of carbonyl (C=O) groups excluding carboxylic acids is 1. The van der Waals surface area contributed by atoms with Crippen LogP contribution in [-0.2, 0) is 0 Å². The first-order valence-corrected chi connectivity index (χ1v) is 6.60. The average molecular weight is 272 g/mol. The van der Waals surface area contributed by atoms with Crippen molar-refractivity contribution in [2.45, 2.75) is 13.0 Å². The Balaban J connectivity index is 1.83. The number of tetrazole rings is 1. The van der Waals surface area contributed by atoms with Crippen LogP contribution in [0.3, 0.4) is 0 Å². The van der Waals surface area contributed by atoms with Gasteiger partial charge in [-0.1, -0.05) is 6.07 Å². The van der Waals surface area contributed by atoms with E-state index in [0.717, 1.165) is 25.3 Å². The molecule has 1 aromatic heterocycles. The maximum Gasteiger partial charge on any atom is 0.254 e. The topological polar surface area (TPSA) is 75.9 Å². The molecule has 7 heteroatoms. The van der Waals surface area contributed by atoms with Gasteiger partial charge in [-0.05, 0) is 35.5 Å². The minimum Gasteiger partial charge on any atom is -0.336 e. The fraction of sp³-hybridized carbons (Fsp3) is 0.385. The van der Waals surface area contributed by atoms with Crippen molar-refractivity contribution < 1.29 is 4.79 Å². The number of hydrogen-bond acceptors (Lipinski definition) is 5. The van der Waals surface area contributed by atoms with Crippen LogP contribution in [0.25, 0.3) is 5.69 Å². The summed E-state index contributed by atoms with van der Waals surface area (Å²) in [5, 5.41) is 14.4. The first-order chi connectivity index (χ1) is 9.74. The van der Waals surface area contributed by atoms with Gasteiger partial charge in [-0.2, -0.15) is 0 Å². The molecule has 20 heavy (non-hydrogen) atoms. The molecule has 0 unspecified atom stereocenters. The molecule has 1 saturated heterocycles. The fourth-order valence-corrected chi connectivity index (χ4v) is 2.36. The molecule has 2 heterocycles. The van der Waals surface area contributed by atoms with Crippen LogP contribution >= 0.6 is 0 Å². The zero-order valence-electron chi connectivity index (χ0n) is 11.2. The van der Waals surface area contributed by atoms with E-state index in [4.69, 9.17) is 0 Å². The van der Waals surface area contributed by atoms with Crippen LogP contribution in [0.15, 0.2) is 30.6 Å². The van der Waals surface area contributed by atoms with Crippen LogP contribution < -0.4 is 5.32 Å². The standard InChI is InChI=1S/C13H16N6O/c1-10-8-18(6-5-14-10)13(20)11-3-2-4-12(7-11)19-9-15-16-17-19/h2-4,7,9-10,14H,5-6,8H2,1H3/t10-/m1/s1. The number of aromatic nitrogens is 4. The summed E-state index contributed by atoms with van der Waals surface area (Å²) < 4.78 is 1.54. The van der Waals surface area contributed by atoms with Crippen molar-refractivity contribution in [2.75, 3.05) is 19.6 Å². The first kappa shape index (κ1) is 12.7. The quantitative estimate of drug-likeness (QED) is 0.839. The average Bonchev–Trinajstić information content (AvgIpc) is 3.01. The third-order valence-electron chi connectivity index (χ3n) is 3.36. The number of hydrogen-bond donors (Lipinski definition) is 1. The van der Waals surface area contributed by atoms with Gasteiger partial charge < -0.3 is 10.2 Å². The lowest BCUT2D eigenvalue weighted by molar-refractivity contribution is 0.0709. The fourth-order valence-electron chi connectivity index (χ4n) is 2.36. The number of rotatable bonds is 2. The molecule has 0 spiro atoms. The molecular formula is C13H16N6O. The van der Waals surface area contributed by atoms with Gasteiger partial charge in [0.2, 0.25) is 0 Å². The number of piperazine rings is 1. The van der Waals surface area contributed by atoms with Gasteiger partial charge in [0.1, 0.15) is 6.33 Å². The maximum atomic E-state index is 12.5. The third-order valence-corrected chi connectivity index (χ3v) is 3.36. The summed E-state index contributed by atoms with van der Waals surface area (Å²) in [5.41, 5.74) is 1.44.